The average molecular weight is 163 g/mol. The molecule has 0 bridgehead atoms. The molecule has 2 heteroatoms. The van der Waals surface area contributed by atoms with E-state index in [1.165, 1.54) is 17.3 Å². The molecule has 0 saturated carbocycles. The summed E-state index contributed by atoms with van der Waals surface area (Å²) >= 11 is 0. The van der Waals surface area contributed by atoms with E-state index in [9.17, 15) is 0 Å². The second-order valence-corrected chi connectivity index (χ2v) is 2.98. The molecule has 0 aliphatic rings. The quantitative estimate of drug-likeness (QED) is 0.385. The molecule has 0 saturated heterocycles. The van der Waals surface area contributed by atoms with E-state index >= 15 is 0 Å². The van der Waals surface area contributed by atoms with E-state index in [0.29, 0.717) is 0 Å². The molecule has 1 aromatic carbocycles. The van der Waals surface area contributed by atoms with Crippen LogP contribution in [0.3, 0.4) is 0 Å². The summed E-state index contributed by atoms with van der Waals surface area (Å²) in [6.07, 6.45) is 1.48. The first-order valence-electron chi connectivity index (χ1n) is 3.91. The highest BCUT2D eigenvalue weighted by Gasteiger charge is 2.01. The van der Waals surface area contributed by atoms with Crippen molar-refractivity contribution in [2.75, 3.05) is 0 Å². The van der Waals surface area contributed by atoms with Gasteiger partial charge in [-0.15, -0.1) is 0 Å². The fourth-order valence-electron chi connectivity index (χ4n) is 1.23. The van der Waals surface area contributed by atoms with Gasteiger partial charge in [-0.25, -0.2) is 0 Å². The molecule has 1 N–H and O–H groups in total. The van der Waals surface area contributed by atoms with Crippen LogP contribution >= 0.6 is 0 Å². The van der Waals surface area contributed by atoms with Gasteiger partial charge in [0.1, 0.15) is 0 Å². The fourth-order valence-corrected chi connectivity index (χ4v) is 1.23. The van der Waals surface area contributed by atoms with Crippen LogP contribution in [0.1, 0.15) is 22.3 Å². The van der Waals surface area contributed by atoms with E-state index in [1.54, 1.807) is 0 Å². The molecule has 64 valence electrons. The van der Waals surface area contributed by atoms with E-state index in [0.717, 1.165) is 11.1 Å². The van der Waals surface area contributed by atoms with Gasteiger partial charge in [0.2, 0.25) is 0 Å². The van der Waals surface area contributed by atoms with Gasteiger partial charge in [0.25, 0.3) is 0 Å². The number of oxime groups is 1. The predicted octanol–water partition coefficient (Wildman–Crippen LogP) is 2.42. The van der Waals surface area contributed by atoms with Crippen LogP contribution < -0.4 is 0 Å². The van der Waals surface area contributed by atoms with Crippen LogP contribution in [0.25, 0.3) is 0 Å². The molecule has 2 nitrogen and oxygen atoms in total. The molecule has 0 unspecified atom stereocenters. The molecular formula is C10H13NO. The number of rotatable bonds is 1. The van der Waals surface area contributed by atoms with Crippen molar-refractivity contribution in [1.82, 2.24) is 0 Å². The summed E-state index contributed by atoms with van der Waals surface area (Å²) in [6, 6.07) is 4.10. The second kappa shape index (κ2) is 3.39. The Labute approximate surface area is 72.5 Å². The summed E-state index contributed by atoms with van der Waals surface area (Å²) in [5.74, 6) is 0. The largest absolute Gasteiger partial charge is 0.411 e. The Balaban J connectivity index is 3.32. The maximum absolute atomic E-state index is 8.43. The molecule has 0 aliphatic heterocycles. The predicted molar refractivity (Wildman–Crippen MR) is 50.0 cm³/mol. The van der Waals surface area contributed by atoms with Gasteiger partial charge in [0.05, 0.1) is 6.21 Å². The van der Waals surface area contributed by atoms with Crippen LogP contribution in [-0.4, -0.2) is 11.4 Å². The zero-order valence-corrected chi connectivity index (χ0v) is 7.63. The van der Waals surface area contributed by atoms with E-state index in [-0.39, 0.29) is 0 Å². The minimum Gasteiger partial charge on any atom is -0.411 e. The van der Waals surface area contributed by atoms with E-state index in [1.807, 2.05) is 26.8 Å². The normalized spacial score (nSPS) is 10.9. The zero-order chi connectivity index (χ0) is 9.14. The van der Waals surface area contributed by atoms with Gasteiger partial charge >= 0.3 is 0 Å². The third kappa shape index (κ3) is 1.47. The lowest BCUT2D eigenvalue weighted by Gasteiger charge is -2.06. The smallest absolute Gasteiger partial charge is 0.0739 e. The van der Waals surface area contributed by atoms with Gasteiger partial charge in [-0.05, 0) is 37.5 Å². The van der Waals surface area contributed by atoms with Crippen molar-refractivity contribution in [1.29, 1.82) is 0 Å². The minimum absolute atomic E-state index is 1.01. The maximum atomic E-state index is 8.43. The molecule has 0 amide bonds. The second-order valence-electron chi connectivity index (χ2n) is 2.98. The fraction of sp³-hybridized carbons (Fsp3) is 0.300. The highest BCUT2D eigenvalue weighted by Crippen LogP contribution is 2.15. The van der Waals surface area contributed by atoms with Crippen molar-refractivity contribution in [3.63, 3.8) is 0 Å². The molecule has 0 atom stereocenters. The van der Waals surface area contributed by atoms with Crippen LogP contribution in [0.15, 0.2) is 17.3 Å². The Bertz CT molecular complexity index is 316. The monoisotopic (exact) mass is 163 g/mol. The van der Waals surface area contributed by atoms with Gasteiger partial charge in [0.15, 0.2) is 0 Å². The Hall–Kier alpha value is -1.31. The van der Waals surface area contributed by atoms with E-state index in [2.05, 4.69) is 11.2 Å². The zero-order valence-electron chi connectivity index (χ0n) is 7.63. The van der Waals surface area contributed by atoms with Crippen molar-refractivity contribution in [3.05, 3.63) is 34.4 Å². The van der Waals surface area contributed by atoms with Crippen LogP contribution in [0.4, 0.5) is 0 Å². The number of aryl methyl sites for hydroxylation is 2. The summed E-state index contributed by atoms with van der Waals surface area (Å²) in [6.45, 7) is 6.08. The Morgan fingerprint density at radius 3 is 2.33 bits per heavy atom. The molecule has 0 aliphatic carbocycles. The maximum Gasteiger partial charge on any atom is 0.0739 e. The first kappa shape index (κ1) is 8.78. The van der Waals surface area contributed by atoms with Crippen LogP contribution in [0.5, 0.6) is 0 Å². The molecular weight excluding hydrogens is 150 g/mol. The standard InChI is InChI=1S/C10H13NO/c1-7-4-5-8(2)10(6-11-12)9(7)3/h4-6,12H,1-3H3/b11-6+. The number of hydrogen-bond donors (Lipinski definition) is 1. The molecule has 0 heterocycles. The topological polar surface area (TPSA) is 32.6 Å². The van der Waals surface area contributed by atoms with Crippen molar-refractivity contribution in [2.24, 2.45) is 5.16 Å². The molecule has 0 radical (unpaired) electrons. The summed E-state index contributed by atoms with van der Waals surface area (Å²) in [7, 11) is 0. The van der Waals surface area contributed by atoms with Crippen molar-refractivity contribution in [3.8, 4) is 0 Å². The van der Waals surface area contributed by atoms with Crippen molar-refractivity contribution in [2.45, 2.75) is 20.8 Å². The highest BCUT2D eigenvalue weighted by molar-refractivity contribution is 5.83. The number of hydrogen-bond acceptors (Lipinski definition) is 2. The molecule has 0 spiro atoms. The molecule has 0 fully saturated rings. The van der Waals surface area contributed by atoms with Gasteiger partial charge in [-0.1, -0.05) is 17.3 Å². The van der Waals surface area contributed by atoms with E-state index in [4.69, 9.17) is 5.21 Å². The van der Waals surface area contributed by atoms with Crippen LogP contribution in [0.2, 0.25) is 0 Å². The molecule has 1 rings (SSSR count). The van der Waals surface area contributed by atoms with Crippen LogP contribution in [0, 0.1) is 20.8 Å². The molecule has 12 heavy (non-hydrogen) atoms. The number of benzene rings is 1. The van der Waals surface area contributed by atoms with E-state index < -0.39 is 0 Å². The third-order valence-electron chi connectivity index (χ3n) is 2.19. The Morgan fingerprint density at radius 2 is 1.75 bits per heavy atom. The summed E-state index contributed by atoms with van der Waals surface area (Å²) in [5.41, 5.74) is 4.54. The average Bonchev–Trinajstić information content (AvgIpc) is 2.06. The summed E-state index contributed by atoms with van der Waals surface area (Å²) in [5, 5.41) is 11.5. The Morgan fingerprint density at radius 1 is 1.17 bits per heavy atom. The van der Waals surface area contributed by atoms with Crippen molar-refractivity contribution >= 4 is 6.21 Å². The first-order chi connectivity index (χ1) is 5.66. The summed E-state index contributed by atoms with van der Waals surface area (Å²) < 4.78 is 0. The van der Waals surface area contributed by atoms with Gasteiger partial charge in [-0.3, -0.25) is 0 Å². The number of nitrogens with zero attached hydrogens (tertiary/aromatic N) is 1. The Kier molecular flexibility index (Phi) is 2.48. The summed E-state index contributed by atoms with van der Waals surface area (Å²) in [4.78, 5) is 0. The van der Waals surface area contributed by atoms with Gasteiger partial charge in [-0.2, -0.15) is 0 Å². The lowest BCUT2D eigenvalue weighted by Crippen LogP contribution is -1.94. The first-order valence-corrected chi connectivity index (χ1v) is 3.91. The molecule has 1 aromatic rings. The lowest BCUT2D eigenvalue weighted by molar-refractivity contribution is 0.322. The minimum atomic E-state index is 1.01. The lowest BCUT2D eigenvalue weighted by atomic mass is 9.99. The van der Waals surface area contributed by atoms with Crippen molar-refractivity contribution < 1.29 is 5.21 Å². The molecule has 0 aromatic heterocycles. The SMILES string of the molecule is Cc1ccc(C)c(/C=N/O)c1C. The van der Waals surface area contributed by atoms with Gasteiger partial charge in [0, 0.05) is 5.56 Å². The third-order valence-corrected chi connectivity index (χ3v) is 2.19. The van der Waals surface area contributed by atoms with Gasteiger partial charge < -0.3 is 5.21 Å². The highest BCUT2D eigenvalue weighted by atomic mass is 16.4. The van der Waals surface area contributed by atoms with Crippen LogP contribution in [-0.2, 0) is 0 Å².